The minimum absolute atomic E-state index is 1.32. The minimum Gasteiger partial charge on any atom is -0.303 e. The van der Waals surface area contributed by atoms with E-state index in [0.717, 1.165) is 0 Å². The van der Waals surface area contributed by atoms with Crippen LogP contribution in [0.4, 0.5) is 0 Å². The number of unbranched alkanes of at least 4 members (excludes halogenated alkanes) is 3. The second-order valence-corrected chi connectivity index (χ2v) is 3.90. The molecule has 0 aromatic carbocycles. The molecule has 0 bridgehead atoms. The molecule has 1 nitrogen and oxygen atoms in total. The lowest BCUT2D eigenvalue weighted by molar-refractivity contribution is 0.261. The molecule has 0 amide bonds. The summed E-state index contributed by atoms with van der Waals surface area (Å²) in [5.74, 6) is 0. The molecule has 0 aliphatic carbocycles. The van der Waals surface area contributed by atoms with Crippen LogP contribution in [-0.2, 0) is 0 Å². The van der Waals surface area contributed by atoms with Crippen LogP contribution in [0, 0.1) is 0 Å². The van der Waals surface area contributed by atoms with Gasteiger partial charge in [0, 0.05) is 0 Å². The topological polar surface area (TPSA) is 3.24 Å². The molecular formula is C14H33N. The highest BCUT2D eigenvalue weighted by molar-refractivity contribution is 4.57. The van der Waals surface area contributed by atoms with Crippen LogP contribution in [0.2, 0.25) is 0 Å². The number of hydrogen-bond donors (Lipinski definition) is 0. The van der Waals surface area contributed by atoms with Crippen molar-refractivity contribution in [3.63, 3.8) is 0 Å². The van der Waals surface area contributed by atoms with Crippen LogP contribution >= 0.6 is 0 Å². The van der Waals surface area contributed by atoms with E-state index >= 15 is 0 Å². The van der Waals surface area contributed by atoms with Crippen LogP contribution in [0.3, 0.4) is 0 Å². The van der Waals surface area contributed by atoms with Gasteiger partial charge in [0.25, 0.3) is 0 Å². The summed E-state index contributed by atoms with van der Waals surface area (Å²) in [4.78, 5) is 2.64. The van der Waals surface area contributed by atoms with E-state index in [1.807, 2.05) is 13.8 Å². The first-order valence-electron chi connectivity index (χ1n) is 7.07. The molecule has 0 aliphatic heterocycles. The van der Waals surface area contributed by atoms with E-state index in [-0.39, 0.29) is 0 Å². The third-order valence-corrected chi connectivity index (χ3v) is 2.48. The van der Waals surface area contributed by atoms with Crippen LogP contribution in [0.1, 0.15) is 73.1 Å². The van der Waals surface area contributed by atoms with Gasteiger partial charge in [0.05, 0.1) is 0 Å². The molecule has 0 saturated carbocycles. The molecule has 0 aromatic rings. The lowest BCUT2D eigenvalue weighted by Crippen LogP contribution is -2.27. The predicted octanol–water partition coefficient (Wildman–Crippen LogP) is 4.71. The number of hydrogen-bond acceptors (Lipinski definition) is 1. The summed E-state index contributed by atoms with van der Waals surface area (Å²) in [5.41, 5.74) is 0. The molecule has 1 heteroatoms. The average molecular weight is 215 g/mol. The van der Waals surface area contributed by atoms with Crippen molar-refractivity contribution in [3.05, 3.63) is 0 Å². The smallest absolute Gasteiger partial charge is 0.00188 e. The Labute approximate surface area is 98.2 Å². The first-order chi connectivity index (χ1) is 7.35. The third kappa shape index (κ3) is 14.0. The van der Waals surface area contributed by atoms with Gasteiger partial charge in [-0.05, 0) is 38.9 Å². The Bertz CT molecular complexity index is 72.3. The Morgan fingerprint density at radius 2 is 0.867 bits per heavy atom. The molecule has 0 aromatic heterocycles. The van der Waals surface area contributed by atoms with Gasteiger partial charge in [0.15, 0.2) is 0 Å². The van der Waals surface area contributed by atoms with Crippen LogP contribution in [0.5, 0.6) is 0 Å². The Morgan fingerprint density at radius 3 is 1.07 bits per heavy atom. The fourth-order valence-electron chi connectivity index (χ4n) is 1.48. The molecule has 0 saturated heterocycles. The molecule has 0 aliphatic rings. The zero-order valence-corrected chi connectivity index (χ0v) is 11.8. The highest BCUT2D eigenvalue weighted by Gasteiger charge is 2.01. The summed E-state index contributed by atoms with van der Waals surface area (Å²) in [6.07, 6.45) is 8.09. The first kappa shape index (κ1) is 17.4. The van der Waals surface area contributed by atoms with Gasteiger partial charge in [-0.1, -0.05) is 53.9 Å². The van der Waals surface area contributed by atoms with Crippen LogP contribution < -0.4 is 0 Å². The third-order valence-electron chi connectivity index (χ3n) is 2.48. The van der Waals surface area contributed by atoms with Gasteiger partial charge in [0.1, 0.15) is 0 Å². The maximum atomic E-state index is 2.64. The van der Waals surface area contributed by atoms with E-state index in [4.69, 9.17) is 0 Å². The monoisotopic (exact) mass is 215 g/mol. The average Bonchev–Trinajstić information content (AvgIpc) is 2.31. The van der Waals surface area contributed by atoms with E-state index in [9.17, 15) is 0 Å². The van der Waals surface area contributed by atoms with Gasteiger partial charge >= 0.3 is 0 Å². The minimum atomic E-state index is 1.32. The van der Waals surface area contributed by atoms with Crippen molar-refractivity contribution in [1.82, 2.24) is 4.90 Å². The highest BCUT2D eigenvalue weighted by atomic mass is 15.1. The van der Waals surface area contributed by atoms with Crippen LogP contribution in [-0.4, -0.2) is 24.5 Å². The van der Waals surface area contributed by atoms with Crippen molar-refractivity contribution in [2.24, 2.45) is 0 Å². The Hall–Kier alpha value is -0.0400. The van der Waals surface area contributed by atoms with Crippen molar-refractivity contribution in [1.29, 1.82) is 0 Å². The zero-order chi connectivity index (χ0) is 11.9. The summed E-state index contributed by atoms with van der Waals surface area (Å²) in [5, 5.41) is 0. The standard InChI is InChI=1S/C12H27N.C2H6/c1-4-7-10-13(11-8-5-2)12-9-6-3;1-2/h4-12H2,1-3H3;1-2H3. The Kier molecular flexibility index (Phi) is 19.0. The van der Waals surface area contributed by atoms with Gasteiger partial charge in [0.2, 0.25) is 0 Å². The van der Waals surface area contributed by atoms with Gasteiger partial charge < -0.3 is 4.90 Å². The first-order valence-corrected chi connectivity index (χ1v) is 7.07. The van der Waals surface area contributed by atoms with Crippen LogP contribution in [0.15, 0.2) is 0 Å². The molecule has 0 atom stereocenters. The Balaban J connectivity index is 0. The lowest BCUT2D eigenvalue weighted by Gasteiger charge is -2.21. The van der Waals surface area contributed by atoms with E-state index in [0.29, 0.717) is 0 Å². The van der Waals surface area contributed by atoms with E-state index in [2.05, 4.69) is 25.7 Å². The molecular weight excluding hydrogens is 182 g/mol. The fraction of sp³-hybridized carbons (Fsp3) is 1.00. The SMILES string of the molecule is CC.CCCCN(CCCC)CCCC. The molecule has 15 heavy (non-hydrogen) atoms. The lowest BCUT2D eigenvalue weighted by atomic mass is 10.2. The maximum absolute atomic E-state index is 2.64. The summed E-state index contributed by atoms with van der Waals surface area (Å²) in [7, 11) is 0. The zero-order valence-electron chi connectivity index (χ0n) is 11.8. The van der Waals surface area contributed by atoms with Crippen LogP contribution in [0.25, 0.3) is 0 Å². The van der Waals surface area contributed by atoms with Gasteiger partial charge in [-0.2, -0.15) is 0 Å². The fourth-order valence-corrected chi connectivity index (χ4v) is 1.48. The molecule has 0 spiro atoms. The largest absolute Gasteiger partial charge is 0.303 e. The van der Waals surface area contributed by atoms with Crippen molar-refractivity contribution in [2.45, 2.75) is 73.1 Å². The quantitative estimate of drug-likeness (QED) is 0.538. The molecule has 0 rings (SSSR count). The van der Waals surface area contributed by atoms with E-state index < -0.39 is 0 Å². The number of nitrogens with zero attached hydrogens (tertiary/aromatic N) is 1. The van der Waals surface area contributed by atoms with E-state index in [1.54, 1.807) is 0 Å². The second-order valence-electron chi connectivity index (χ2n) is 3.90. The maximum Gasteiger partial charge on any atom is -0.00188 e. The van der Waals surface area contributed by atoms with E-state index in [1.165, 1.54) is 58.2 Å². The van der Waals surface area contributed by atoms with Crippen molar-refractivity contribution < 1.29 is 0 Å². The summed E-state index contributed by atoms with van der Waals surface area (Å²) in [6, 6.07) is 0. The number of rotatable bonds is 9. The van der Waals surface area contributed by atoms with Gasteiger partial charge in [-0.15, -0.1) is 0 Å². The normalized spacial score (nSPS) is 10.0. The van der Waals surface area contributed by atoms with Gasteiger partial charge in [-0.3, -0.25) is 0 Å². The molecule has 0 fully saturated rings. The molecule has 0 unspecified atom stereocenters. The van der Waals surface area contributed by atoms with Crippen molar-refractivity contribution in [2.75, 3.05) is 19.6 Å². The van der Waals surface area contributed by atoms with Gasteiger partial charge in [-0.25, -0.2) is 0 Å². The molecule has 0 N–H and O–H groups in total. The highest BCUT2D eigenvalue weighted by Crippen LogP contribution is 2.01. The molecule has 0 radical (unpaired) electrons. The molecule has 0 heterocycles. The Morgan fingerprint density at radius 1 is 0.600 bits per heavy atom. The molecule has 94 valence electrons. The predicted molar refractivity (Wildman–Crippen MR) is 72.5 cm³/mol. The van der Waals surface area contributed by atoms with Crippen molar-refractivity contribution in [3.8, 4) is 0 Å². The summed E-state index contributed by atoms with van der Waals surface area (Å²) >= 11 is 0. The second kappa shape index (κ2) is 16.4. The van der Waals surface area contributed by atoms with Crippen molar-refractivity contribution >= 4 is 0 Å². The summed E-state index contributed by atoms with van der Waals surface area (Å²) < 4.78 is 0. The summed E-state index contributed by atoms with van der Waals surface area (Å²) in [6.45, 7) is 14.8.